The molecular formula is C13H12O3. The van der Waals surface area contributed by atoms with Crippen molar-refractivity contribution < 1.29 is 14.6 Å². The molecule has 1 aliphatic rings. The summed E-state index contributed by atoms with van der Waals surface area (Å²) in [6.07, 6.45) is 4.42. The number of carbonyl (C=O) groups is 1. The van der Waals surface area contributed by atoms with Crippen molar-refractivity contribution in [2.24, 2.45) is 0 Å². The van der Waals surface area contributed by atoms with E-state index < -0.39 is 6.10 Å². The van der Waals surface area contributed by atoms with Gasteiger partial charge in [0.25, 0.3) is 0 Å². The van der Waals surface area contributed by atoms with Crippen LogP contribution in [-0.4, -0.2) is 17.0 Å². The first-order chi connectivity index (χ1) is 7.65. The number of phenols is 1. The van der Waals surface area contributed by atoms with Crippen molar-refractivity contribution in [3.05, 3.63) is 48.1 Å². The summed E-state index contributed by atoms with van der Waals surface area (Å²) in [4.78, 5) is 11.5. The molecule has 0 heterocycles. The minimum atomic E-state index is -0.591. The van der Waals surface area contributed by atoms with Crippen molar-refractivity contribution in [1.29, 1.82) is 0 Å². The molecule has 82 valence electrons. The summed E-state index contributed by atoms with van der Waals surface area (Å²) in [7, 11) is 0. The van der Waals surface area contributed by atoms with E-state index in [2.05, 4.69) is 0 Å². The third-order valence-corrected chi connectivity index (χ3v) is 2.29. The third-order valence-electron chi connectivity index (χ3n) is 2.29. The first-order valence-electron chi connectivity index (χ1n) is 5.01. The normalized spacial score (nSPS) is 19.4. The molecule has 0 aromatic heterocycles. The van der Waals surface area contributed by atoms with Crippen molar-refractivity contribution in [2.45, 2.75) is 13.0 Å². The van der Waals surface area contributed by atoms with Gasteiger partial charge in [0.1, 0.15) is 11.5 Å². The first kappa shape index (κ1) is 10.5. The van der Waals surface area contributed by atoms with E-state index in [1.54, 1.807) is 30.4 Å². The number of phenolic OH excluding ortho intramolecular Hbond substituents is 1. The van der Waals surface area contributed by atoms with Crippen molar-refractivity contribution in [3.8, 4) is 11.5 Å². The van der Waals surface area contributed by atoms with Crippen LogP contribution in [0.3, 0.4) is 0 Å². The van der Waals surface area contributed by atoms with Gasteiger partial charge in [-0.1, -0.05) is 17.7 Å². The van der Waals surface area contributed by atoms with E-state index >= 15 is 0 Å². The fraction of sp³-hybridized carbons (Fsp3) is 0.154. The lowest BCUT2D eigenvalue weighted by Crippen LogP contribution is -2.25. The van der Waals surface area contributed by atoms with Gasteiger partial charge < -0.3 is 9.84 Å². The zero-order valence-electron chi connectivity index (χ0n) is 8.88. The number of rotatable bonds is 2. The van der Waals surface area contributed by atoms with Gasteiger partial charge in [-0.3, -0.25) is 4.79 Å². The molecule has 3 nitrogen and oxygen atoms in total. The van der Waals surface area contributed by atoms with Crippen LogP contribution in [-0.2, 0) is 4.79 Å². The molecular weight excluding hydrogens is 204 g/mol. The highest BCUT2D eigenvalue weighted by molar-refractivity contribution is 5.97. The Balaban J connectivity index is 2.16. The molecule has 0 radical (unpaired) electrons. The van der Waals surface area contributed by atoms with E-state index in [1.807, 2.05) is 6.92 Å². The summed E-state index contributed by atoms with van der Waals surface area (Å²) < 4.78 is 5.48. The third kappa shape index (κ3) is 2.31. The van der Waals surface area contributed by atoms with Gasteiger partial charge in [0.15, 0.2) is 11.9 Å². The molecule has 3 heteroatoms. The largest absolute Gasteiger partial charge is 0.508 e. The maximum absolute atomic E-state index is 11.5. The van der Waals surface area contributed by atoms with Crippen LogP contribution in [0.25, 0.3) is 0 Å². The van der Waals surface area contributed by atoms with Gasteiger partial charge in [-0.2, -0.15) is 0 Å². The SMILES string of the molecule is CC1=CC(Oc2cccc(O)c2)C(=O)C=C1. The minimum absolute atomic E-state index is 0.0889. The van der Waals surface area contributed by atoms with Gasteiger partial charge in [0.05, 0.1) is 0 Å². The lowest BCUT2D eigenvalue weighted by molar-refractivity contribution is -0.119. The second kappa shape index (κ2) is 4.23. The zero-order chi connectivity index (χ0) is 11.5. The summed E-state index contributed by atoms with van der Waals surface area (Å²) in [5.41, 5.74) is 0.991. The Hall–Kier alpha value is -2.03. The van der Waals surface area contributed by atoms with E-state index in [9.17, 15) is 9.90 Å². The predicted molar refractivity (Wildman–Crippen MR) is 60.4 cm³/mol. The highest BCUT2D eigenvalue weighted by Gasteiger charge is 2.18. The number of aromatic hydroxyl groups is 1. The Morgan fingerprint density at radius 1 is 1.31 bits per heavy atom. The van der Waals surface area contributed by atoms with Crippen molar-refractivity contribution >= 4 is 5.78 Å². The maximum atomic E-state index is 11.5. The molecule has 1 aromatic rings. The molecule has 0 fully saturated rings. The fourth-order valence-electron chi connectivity index (χ4n) is 1.48. The minimum Gasteiger partial charge on any atom is -0.508 e. The molecule has 16 heavy (non-hydrogen) atoms. The Labute approximate surface area is 93.7 Å². The molecule has 1 aliphatic carbocycles. The lowest BCUT2D eigenvalue weighted by atomic mass is 10.1. The maximum Gasteiger partial charge on any atom is 0.200 e. The van der Waals surface area contributed by atoms with Gasteiger partial charge in [-0.15, -0.1) is 0 Å². The molecule has 1 atom stereocenters. The van der Waals surface area contributed by atoms with Gasteiger partial charge in [-0.05, 0) is 31.2 Å². The van der Waals surface area contributed by atoms with Crippen LogP contribution in [0, 0.1) is 0 Å². The van der Waals surface area contributed by atoms with Crippen LogP contribution in [0.1, 0.15) is 6.92 Å². The standard InChI is InChI=1S/C13H12O3/c1-9-5-6-12(15)13(7-9)16-11-4-2-3-10(14)8-11/h2-8,13-14H,1H3. The van der Waals surface area contributed by atoms with Crippen LogP contribution < -0.4 is 4.74 Å². The van der Waals surface area contributed by atoms with Gasteiger partial charge in [0, 0.05) is 6.07 Å². The number of ketones is 1. The van der Waals surface area contributed by atoms with E-state index in [0.29, 0.717) is 5.75 Å². The highest BCUT2D eigenvalue weighted by Crippen LogP contribution is 2.21. The molecule has 1 N–H and O–H groups in total. The average Bonchev–Trinajstić information content (AvgIpc) is 2.24. The molecule has 0 amide bonds. The summed E-state index contributed by atoms with van der Waals surface area (Å²) in [6.45, 7) is 1.90. The number of ether oxygens (including phenoxy) is 1. The Morgan fingerprint density at radius 3 is 2.88 bits per heavy atom. The van der Waals surface area contributed by atoms with E-state index in [4.69, 9.17) is 4.74 Å². The topological polar surface area (TPSA) is 46.5 Å². The summed E-state index contributed by atoms with van der Waals surface area (Å²) in [5, 5.41) is 9.27. The fourth-order valence-corrected chi connectivity index (χ4v) is 1.48. The Kier molecular flexibility index (Phi) is 2.77. The number of benzene rings is 1. The molecule has 0 saturated carbocycles. The molecule has 0 bridgehead atoms. The number of hydrogen-bond acceptors (Lipinski definition) is 3. The molecule has 1 aromatic carbocycles. The molecule has 0 saturated heterocycles. The number of allylic oxidation sites excluding steroid dienone is 2. The van der Waals surface area contributed by atoms with Crippen LogP contribution in [0.15, 0.2) is 48.1 Å². The highest BCUT2D eigenvalue weighted by atomic mass is 16.5. The van der Waals surface area contributed by atoms with Gasteiger partial charge >= 0.3 is 0 Å². The van der Waals surface area contributed by atoms with Crippen LogP contribution in [0.4, 0.5) is 0 Å². The monoisotopic (exact) mass is 216 g/mol. The zero-order valence-corrected chi connectivity index (χ0v) is 8.88. The smallest absolute Gasteiger partial charge is 0.200 e. The van der Waals surface area contributed by atoms with Crippen LogP contribution in [0.5, 0.6) is 11.5 Å². The average molecular weight is 216 g/mol. The van der Waals surface area contributed by atoms with Crippen molar-refractivity contribution in [3.63, 3.8) is 0 Å². The molecule has 0 spiro atoms. The second-order valence-corrected chi connectivity index (χ2v) is 3.68. The van der Waals surface area contributed by atoms with E-state index in [0.717, 1.165) is 5.57 Å². The Morgan fingerprint density at radius 2 is 2.12 bits per heavy atom. The quantitative estimate of drug-likeness (QED) is 0.824. The number of carbonyl (C=O) groups excluding carboxylic acids is 1. The first-order valence-corrected chi connectivity index (χ1v) is 5.01. The molecule has 0 aliphatic heterocycles. The summed E-state index contributed by atoms with van der Waals surface area (Å²) in [6, 6.07) is 6.41. The van der Waals surface area contributed by atoms with Gasteiger partial charge in [0.2, 0.25) is 0 Å². The summed E-state index contributed by atoms with van der Waals surface area (Å²) >= 11 is 0. The van der Waals surface area contributed by atoms with E-state index in [-0.39, 0.29) is 11.5 Å². The lowest BCUT2D eigenvalue weighted by Gasteiger charge is -2.16. The van der Waals surface area contributed by atoms with Crippen LogP contribution in [0.2, 0.25) is 0 Å². The van der Waals surface area contributed by atoms with Crippen LogP contribution >= 0.6 is 0 Å². The van der Waals surface area contributed by atoms with Crippen molar-refractivity contribution in [2.75, 3.05) is 0 Å². The predicted octanol–water partition coefficient (Wildman–Crippen LogP) is 2.22. The van der Waals surface area contributed by atoms with Crippen molar-refractivity contribution in [1.82, 2.24) is 0 Å². The van der Waals surface area contributed by atoms with Gasteiger partial charge in [-0.25, -0.2) is 0 Å². The molecule has 1 unspecified atom stereocenters. The van der Waals surface area contributed by atoms with E-state index in [1.165, 1.54) is 12.1 Å². The molecule has 2 rings (SSSR count). The number of hydrogen-bond donors (Lipinski definition) is 1. The Bertz CT molecular complexity index is 472. The second-order valence-electron chi connectivity index (χ2n) is 3.68. The summed E-state index contributed by atoms with van der Waals surface area (Å²) in [5.74, 6) is 0.517.